The largest absolute Gasteiger partial charge is 0.441 e. The molecule has 0 atom stereocenters. The summed E-state index contributed by atoms with van der Waals surface area (Å²) in [5.41, 5.74) is 0.725. The normalized spacial score (nSPS) is 10.7. The molecule has 2 N–H and O–H groups in total. The Hall–Kier alpha value is -1.56. The second kappa shape index (κ2) is 8.17. The number of halogens is 2. The molecule has 1 amide bonds. The summed E-state index contributed by atoms with van der Waals surface area (Å²) >= 11 is 12.0. The van der Waals surface area contributed by atoms with Crippen LogP contribution in [0.25, 0.3) is 11.3 Å². The Morgan fingerprint density at radius 1 is 1.32 bits per heavy atom. The van der Waals surface area contributed by atoms with Gasteiger partial charge in [-0.25, -0.2) is 4.98 Å². The van der Waals surface area contributed by atoms with Crippen molar-refractivity contribution in [2.45, 2.75) is 12.8 Å². The minimum Gasteiger partial charge on any atom is -0.441 e. The maximum Gasteiger partial charge on any atom is 0.220 e. The van der Waals surface area contributed by atoms with Crippen LogP contribution in [0.4, 0.5) is 0 Å². The molecule has 22 heavy (non-hydrogen) atoms. The summed E-state index contributed by atoms with van der Waals surface area (Å²) in [6.07, 6.45) is 2.37. The number of likely N-dealkylation sites (N-methyl/N-ethyl adjacent to an activating group) is 1. The van der Waals surface area contributed by atoms with Crippen LogP contribution in [0.5, 0.6) is 0 Å². The van der Waals surface area contributed by atoms with E-state index < -0.39 is 0 Å². The van der Waals surface area contributed by atoms with Crippen LogP contribution < -0.4 is 10.6 Å². The summed E-state index contributed by atoms with van der Waals surface area (Å²) in [7, 11) is 1.84. The molecule has 1 aromatic carbocycles. The van der Waals surface area contributed by atoms with Crippen molar-refractivity contribution >= 4 is 29.1 Å². The third kappa shape index (κ3) is 4.73. The molecule has 0 saturated carbocycles. The number of aryl methyl sites for hydroxylation is 1. The van der Waals surface area contributed by atoms with Gasteiger partial charge in [0.15, 0.2) is 11.7 Å². The molecule has 2 rings (SSSR count). The van der Waals surface area contributed by atoms with Gasteiger partial charge in [-0.15, -0.1) is 0 Å². The number of oxazole rings is 1. The molecule has 2 aromatic rings. The third-order valence-corrected chi connectivity index (χ3v) is 3.56. The zero-order chi connectivity index (χ0) is 15.9. The summed E-state index contributed by atoms with van der Waals surface area (Å²) < 4.78 is 5.64. The highest BCUT2D eigenvalue weighted by Gasteiger charge is 2.11. The van der Waals surface area contributed by atoms with E-state index in [0.717, 1.165) is 12.1 Å². The van der Waals surface area contributed by atoms with Gasteiger partial charge in [0.1, 0.15) is 0 Å². The van der Waals surface area contributed by atoms with E-state index in [0.29, 0.717) is 41.1 Å². The van der Waals surface area contributed by atoms with Gasteiger partial charge in [0.25, 0.3) is 0 Å². The van der Waals surface area contributed by atoms with Crippen LogP contribution in [0.2, 0.25) is 10.0 Å². The molecule has 1 aromatic heterocycles. The highest BCUT2D eigenvalue weighted by Crippen LogP contribution is 2.30. The van der Waals surface area contributed by atoms with Crippen molar-refractivity contribution in [3.8, 4) is 11.3 Å². The first-order valence-corrected chi connectivity index (χ1v) is 7.67. The molecule has 0 bridgehead atoms. The number of aromatic nitrogens is 1. The van der Waals surface area contributed by atoms with Crippen molar-refractivity contribution in [1.82, 2.24) is 15.6 Å². The molecule has 0 fully saturated rings. The average Bonchev–Trinajstić information content (AvgIpc) is 2.94. The summed E-state index contributed by atoms with van der Waals surface area (Å²) in [5.74, 6) is 1.04. The number of nitrogens with zero attached hydrogens (tertiary/aromatic N) is 1. The van der Waals surface area contributed by atoms with E-state index in [1.54, 1.807) is 24.4 Å². The maximum absolute atomic E-state index is 11.6. The number of carbonyl (C=O) groups excluding carboxylic acids is 1. The van der Waals surface area contributed by atoms with Gasteiger partial charge in [-0.1, -0.05) is 23.2 Å². The fourth-order valence-corrected chi connectivity index (χ4v) is 2.38. The van der Waals surface area contributed by atoms with Crippen molar-refractivity contribution in [2.75, 3.05) is 20.1 Å². The van der Waals surface area contributed by atoms with Gasteiger partial charge < -0.3 is 15.1 Å². The fraction of sp³-hybridized carbons (Fsp3) is 0.333. The molecule has 0 aliphatic rings. The predicted molar refractivity (Wildman–Crippen MR) is 87.2 cm³/mol. The molecule has 0 radical (unpaired) electrons. The van der Waals surface area contributed by atoms with Crippen molar-refractivity contribution in [1.29, 1.82) is 0 Å². The molecule has 0 unspecified atom stereocenters. The van der Waals surface area contributed by atoms with Crippen LogP contribution in [-0.2, 0) is 11.2 Å². The number of amides is 1. The summed E-state index contributed by atoms with van der Waals surface area (Å²) in [6.45, 7) is 1.34. The minimum absolute atomic E-state index is 0.0282. The SMILES string of the molecule is CNCCNC(=O)CCc1ncc(-c2ccc(Cl)cc2Cl)o1. The van der Waals surface area contributed by atoms with E-state index in [1.165, 1.54) is 0 Å². The number of hydrogen-bond acceptors (Lipinski definition) is 4. The molecule has 7 heteroatoms. The molecule has 5 nitrogen and oxygen atoms in total. The van der Waals surface area contributed by atoms with Gasteiger partial charge in [0, 0.05) is 36.5 Å². The topological polar surface area (TPSA) is 67.2 Å². The zero-order valence-corrected chi connectivity index (χ0v) is 13.7. The smallest absolute Gasteiger partial charge is 0.220 e. The number of rotatable bonds is 7. The van der Waals surface area contributed by atoms with Gasteiger partial charge in [-0.3, -0.25) is 4.79 Å². The Kier molecular flexibility index (Phi) is 6.24. The van der Waals surface area contributed by atoms with Crippen LogP contribution in [0.15, 0.2) is 28.8 Å². The Bertz CT molecular complexity index is 643. The van der Waals surface area contributed by atoms with Gasteiger partial charge >= 0.3 is 0 Å². The summed E-state index contributed by atoms with van der Waals surface area (Å²) in [4.78, 5) is 15.8. The highest BCUT2D eigenvalue weighted by molar-refractivity contribution is 6.36. The first-order valence-electron chi connectivity index (χ1n) is 6.91. The van der Waals surface area contributed by atoms with Crippen LogP contribution in [0.3, 0.4) is 0 Å². The molecule has 118 valence electrons. The summed E-state index contributed by atoms with van der Waals surface area (Å²) in [5, 5.41) is 6.82. The van der Waals surface area contributed by atoms with Crippen LogP contribution >= 0.6 is 23.2 Å². The first kappa shape index (κ1) is 16.8. The van der Waals surface area contributed by atoms with Gasteiger partial charge in [0.05, 0.1) is 11.2 Å². The van der Waals surface area contributed by atoms with E-state index in [2.05, 4.69) is 15.6 Å². The lowest BCUT2D eigenvalue weighted by atomic mass is 10.2. The third-order valence-electron chi connectivity index (χ3n) is 3.01. The highest BCUT2D eigenvalue weighted by atomic mass is 35.5. The first-order chi connectivity index (χ1) is 10.6. The summed E-state index contributed by atoms with van der Waals surface area (Å²) in [6, 6.07) is 5.16. The number of hydrogen-bond donors (Lipinski definition) is 2. The van der Waals surface area contributed by atoms with Gasteiger partial charge in [0.2, 0.25) is 5.91 Å². The number of nitrogens with one attached hydrogen (secondary N) is 2. The minimum atomic E-state index is -0.0282. The Balaban J connectivity index is 1.93. The molecule has 0 saturated heterocycles. The molecule has 0 aliphatic carbocycles. The van der Waals surface area contributed by atoms with E-state index in [1.807, 2.05) is 7.05 Å². The monoisotopic (exact) mass is 341 g/mol. The van der Waals surface area contributed by atoms with Gasteiger partial charge in [-0.2, -0.15) is 0 Å². The lowest BCUT2D eigenvalue weighted by Crippen LogP contribution is -2.30. The second-order valence-corrected chi connectivity index (χ2v) is 5.54. The number of carbonyl (C=O) groups is 1. The Labute approximate surface area is 139 Å². The molecular weight excluding hydrogens is 325 g/mol. The molecular formula is C15H17Cl2N3O2. The quantitative estimate of drug-likeness (QED) is 0.760. The van der Waals surface area contributed by atoms with Crippen molar-refractivity contribution in [2.24, 2.45) is 0 Å². The van der Waals surface area contributed by atoms with E-state index in [4.69, 9.17) is 27.6 Å². The van der Waals surface area contributed by atoms with E-state index in [9.17, 15) is 4.79 Å². The van der Waals surface area contributed by atoms with Crippen LogP contribution in [-0.4, -0.2) is 31.0 Å². The second-order valence-electron chi connectivity index (χ2n) is 4.70. The van der Waals surface area contributed by atoms with Crippen molar-refractivity contribution in [3.05, 3.63) is 40.3 Å². The van der Waals surface area contributed by atoms with E-state index in [-0.39, 0.29) is 5.91 Å². The van der Waals surface area contributed by atoms with E-state index >= 15 is 0 Å². The maximum atomic E-state index is 11.6. The molecule has 0 aliphatic heterocycles. The average molecular weight is 342 g/mol. The van der Waals surface area contributed by atoms with Crippen molar-refractivity contribution < 1.29 is 9.21 Å². The molecule has 1 heterocycles. The van der Waals surface area contributed by atoms with Crippen molar-refractivity contribution in [3.63, 3.8) is 0 Å². The Morgan fingerprint density at radius 3 is 2.86 bits per heavy atom. The van der Waals surface area contributed by atoms with Crippen LogP contribution in [0.1, 0.15) is 12.3 Å². The standard InChI is InChI=1S/C15H17Cl2N3O2/c1-18-6-7-19-14(21)4-5-15-20-9-13(22-15)11-3-2-10(16)8-12(11)17/h2-3,8-9,18H,4-7H2,1H3,(H,19,21). The lowest BCUT2D eigenvalue weighted by molar-refractivity contribution is -0.121. The van der Waals surface area contributed by atoms with Gasteiger partial charge in [-0.05, 0) is 25.2 Å². The zero-order valence-electron chi connectivity index (χ0n) is 12.2. The lowest BCUT2D eigenvalue weighted by Gasteiger charge is -2.03. The number of benzene rings is 1. The van der Waals surface area contributed by atoms with Crippen LogP contribution in [0, 0.1) is 0 Å². The Morgan fingerprint density at radius 2 is 2.14 bits per heavy atom. The predicted octanol–water partition coefficient (Wildman–Crippen LogP) is 2.92. The molecule has 0 spiro atoms. The fourth-order valence-electron chi connectivity index (χ4n) is 1.88.